The predicted octanol–water partition coefficient (Wildman–Crippen LogP) is 0.191. The molecule has 0 spiro atoms. The summed E-state index contributed by atoms with van der Waals surface area (Å²) in [4.78, 5) is 0. The van der Waals surface area contributed by atoms with Crippen molar-refractivity contribution in [1.29, 1.82) is 0 Å². The van der Waals surface area contributed by atoms with E-state index in [1.54, 1.807) is 0 Å². The molecule has 0 aromatic heterocycles. The summed E-state index contributed by atoms with van der Waals surface area (Å²) in [7, 11) is 0. The molecule has 0 aromatic carbocycles. The van der Waals surface area contributed by atoms with Crippen molar-refractivity contribution < 1.29 is 29.2 Å². The highest BCUT2D eigenvalue weighted by Gasteiger charge is 2.02. The Balaban J connectivity index is 2.99. The van der Waals surface area contributed by atoms with Crippen molar-refractivity contribution in [3.8, 4) is 0 Å². The molecular weight excluding hydrogens is 320 g/mol. The SMILES string of the molecule is OCCOCCOCCOCCOCC(O)CCBr. The van der Waals surface area contributed by atoms with E-state index in [1.165, 1.54) is 0 Å². The first-order valence-corrected chi connectivity index (χ1v) is 7.59. The highest BCUT2D eigenvalue weighted by atomic mass is 79.9. The van der Waals surface area contributed by atoms with Crippen LogP contribution in [-0.2, 0) is 18.9 Å². The minimum absolute atomic E-state index is 0.0352. The van der Waals surface area contributed by atoms with Crippen LogP contribution < -0.4 is 0 Å². The molecular formula is C12H25BrO6. The number of aliphatic hydroxyl groups is 2. The van der Waals surface area contributed by atoms with Gasteiger partial charge in [-0.3, -0.25) is 0 Å². The summed E-state index contributed by atoms with van der Waals surface area (Å²) in [5, 5.41) is 18.6. The number of rotatable bonds is 15. The number of hydrogen-bond donors (Lipinski definition) is 2. The lowest BCUT2D eigenvalue weighted by atomic mass is 10.3. The zero-order chi connectivity index (χ0) is 14.2. The van der Waals surface area contributed by atoms with Crippen molar-refractivity contribution in [2.45, 2.75) is 12.5 Å². The molecule has 0 aliphatic rings. The van der Waals surface area contributed by atoms with Gasteiger partial charge < -0.3 is 29.2 Å². The van der Waals surface area contributed by atoms with Crippen molar-refractivity contribution in [3.63, 3.8) is 0 Å². The summed E-state index contributed by atoms with van der Waals surface area (Å²) in [5.74, 6) is 0. The van der Waals surface area contributed by atoms with Gasteiger partial charge in [0, 0.05) is 5.33 Å². The van der Waals surface area contributed by atoms with Crippen LogP contribution in [0, 0.1) is 0 Å². The van der Waals surface area contributed by atoms with E-state index in [0.717, 1.165) is 5.33 Å². The second-order valence-corrected chi connectivity index (χ2v) is 4.56. The Morgan fingerprint density at radius 2 is 1.26 bits per heavy atom. The van der Waals surface area contributed by atoms with Crippen molar-refractivity contribution in [2.75, 3.05) is 64.8 Å². The fourth-order valence-electron chi connectivity index (χ4n) is 1.15. The number of halogens is 1. The van der Waals surface area contributed by atoms with Crippen LogP contribution in [0.1, 0.15) is 6.42 Å². The number of ether oxygens (including phenoxy) is 4. The lowest BCUT2D eigenvalue weighted by Gasteiger charge is -2.10. The molecule has 0 fully saturated rings. The molecule has 2 N–H and O–H groups in total. The molecule has 0 aliphatic heterocycles. The van der Waals surface area contributed by atoms with Crippen molar-refractivity contribution in [3.05, 3.63) is 0 Å². The van der Waals surface area contributed by atoms with E-state index >= 15 is 0 Å². The Morgan fingerprint density at radius 1 is 0.789 bits per heavy atom. The van der Waals surface area contributed by atoms with Crippen molar-refractivity contribution in [1.82, 2.24) is 0 Å². The number of alkyl halides is 1. The van der Waals surface area contributed by atoms with Crippen molar-refractivity contribution in [2.24, 2.45) is 0 Å². The van der Waals surface area contributed by atoms with Gasteiger partial charge in [0.2, 0.25) is 0 Å². The van der Waals surface area contributed by atoms with E-state index < -0.39 is 6.10 Å². The molecule has 1 atom stereocenters. The fourth-order valence-corrected chi connectivity index (χ4v) is 1.68. The van der Waals surface area contributed by atoms with E-state index in [2.05, 4.69) is 15.9 Å². The molecule has 0 radical (unpaired) electrons. The summed E-state index contributed by atoms with van der Waals surface area (Å²) >= 11 is 3.25. The van der Waals surface area contributed by atoms with E-state index in [-0.39, 0.29) is 6.61 Å². The molecule has 0 aliphatic carbocycles. The van der Waals surface area contributed by atoms with Gasteiger partial charge >= 0.3 is 0 Å². The van der Waals surface area contributed by atoms with E-state index in [9.17, 15) is 5.11 Å². The molecule has 0 saturated heterocycles. The Morgan fingerprint density at radius 3 is 1.74 bits per heavy atom. The highest BCUT2D eigenvalue weighted by Crippen LogP contribution is 1.96. The minimum atomic E-state index is -0.415. The van der Waals surface area contributed by atoms with Crippen molar-refractivity contribution >= 4 is 15.9 Å². The van der Waals surface area contributed by atoms with Gasteiger partial charge in [0.1, 0.15) is 0 Å². The van der Waals surface area contributed by atoms with Gasteiger partial charge in [-0.15, -0.1) is 0 Å². The van der Waals surface area contributed by atoms with E-state index in [1.807, 2.05) is 0 Å². The monoisotopic (exact) mass is 344 g/mol. The van der Waals surface area contributed by atoms with Gasteiger partial charge in [0.25, 0.3) is 0 Å². The first kappa shape index (κ1) is 19.2. The normalized spacial score (nSPS) is 12.8. The van der Waals surface area contributed by atoms with Crippen LogP contribution in [0.4, 0.5) is 0 Å². The number of aliphatic hydroxyl groups excluding tert-OH is 2. The Hall–Kier alpha value is 0.240. The second-order valence-electron chi connectivity index (χ2n) is 3.77. The van der Waals surface area contributed by atoms with Gasteiger partial charge in [0.05, 0.1) is 65.6 Å². The van der Waals surface area contributed by atoms with Crippen LogP contribution in [0.15, 0.2) is 0 Å². The van der Waals surface area contributed by atoms with Crippen LogP contribution in [0.5, 0.6) is 0 Å². The van der Waals surface area contributed by atoms with Gasteiger partial charge in [-0.05, 0) is 6.42 Å². The third-order valence-corrected chi connectivity index (χ3v) is 2.56. The molecule has 116 valence electrons. The molecule has 0 saturated carbocycles. The average Bonchev–Trinajstić information content (AvgIpc) is 2.40. The lowest BCUT2D eigenvalue weighted by molar-refractivity contribution is -0.0185. The van der Waals surface area contributed by atoms with Gasteiger partial charge in [-0.1, -0.05) is 15.9 Å². The Kier molecular flexibility index (Phi) is 16.5. The second kappa shape index (κ2) is 16.3. The summed E-state index contributed by atoms with van der Waals surface area (Å²) < 4.78 is 20.8. The topological polar surface area (TPSA) is 77.4 Å². The molecule has 0 aromatic rings. The maximum atomic E-state index is 9.37. The van der Waals surface area contributed by atoms with Gasteiger partial charge in [-0.25, -0.2) is 0 Å². The number of hydrogen-bond acceptors (Lipinski definition) is 6. The largest absolute Gasteiger partial charge is 0.394 e. The molecule has 0 amide bonds. The third kappa shape index (κ3) is 16.2. The molecule has 19 heavy (non-hydrogen) atoms. The maximum absolute atomic E-state index is 9.37. The zero-order valence-electron chi connectivity index (χ0n) is 11.3. The summed E-state index contributed by atoms with van der Waals surface area (Å²) in [5.41, 5.74) is 0. The quantitative estimate of drug-likeness (QED) is 0.326. The van der Waals surface area contributed by atoms with Crippen LogP contribution >= 0.6 is 15.9 Å². The van der Waals surface area contributed by atoms with E-state index in [0.29, 0.717) is 59.3 Å². The van der Waals surface area contributed by atoms with Crippen LogP contribution in [-0.4, -0.2) is 81.1 Å². The summed E-state index contributed by atoms with van der Waals surface area (Å²) in [6.45, 7) is 3.68. The Bertz CT molecular complexity index is 172. The molecule has 0 rings (SSSR count). The molecule has 7 heteroatoms. The smallest absolute Gasteiger partial charge is 0.0781 e. The summed E-state index contributed by atoms with van der Waals surface area (Å²) in [6, 6.07) is 0. The maximum Gasteiger partial charge on any atom is 0.0781 e. The van der Waals surface area contributed by atoms with E-state index in [4.69, 9.17) is 24.1 Å². The molecule has 6 nitrogen and oxygen atoms in total. The minimum Gasteiger partial charge on any atom is -0.394 e. The standard InChI is InChI=1S/C12H25BrO6/c13-2-1-12(15)11-19-10-9-18-8-7-17-6-5-16-4-3-14/h12,14-15H,1-11H2. The lowest BCUT2D eigenvalue weighted by Crippen LogP contribution is -2.18. The van der Waals surface area contributed by atoms with Crippen LogP contribution in [0.2, 0.25) is 0 Å². The van der Waals surface area contributed by atoms with Crippen LogP contribution in [0.3, 0.4) is 0 Å². The third-order valence-electron chi connectivity index (χ3n) is 2.10. The first-order valence-electron chi connectivity index (χ1n) is 6.47. The molecule has 1 unspecified atom stereocenters. The van der Waals surface area contributed by atoms with Gasteiger partial charge in [-0.2, -0.15) is 0 Å². The summed E-state index contributed by atoms with van der Waals surface area (Å²) in [6.07, 6.45) is 0.272. The fraction of sp³-hybridized carbons (Fsp3) is 1.00. The molecule has 0 heterocycles. The molecule has 0 bridgehead atoms. The van der Waals surface area contributed by atoms with Gasteiger partial charge in [0.15, 0.2) is 0 Å². The zero-order valence-corrected chi connectivity index (χ0v) is 12.8. The first-order chi connectivity index (χ1) is 9.31. The van der Waals surface area contributed by atoms with Crippen LogP contribution in [0.25, 0.3) is 0 Å². The predicted molar refractivity (Wildman–Crippen MR) is 74.8 cm³/mol. The Labute approximate surface area is 123 Å². The average molecular weight is 345 g/mol. The highest BCUT2D eigenvalue weighted by molar-refractivity contribution is 9.09.